The summed E-state index contributed by atoms with van der Waals surface area (Å²) in [5, 5.41) is 0.565. The molecular formula is C12H18ClN3O2S. The van der Waals surface area contributed by atoms with Crippen molar-refractivity contribution < 1.29 is 8.42 Å². The fraction of sp³-hybridized carbons (Fsp3) is 0.750. The molecule has 0 saturated carbocycles. The van der Waals surface area contributed by atoms with Crippen LogP contribution in [0.2, 0.25) is 5.15 Å². The van der Waals surface area contributed by atoms with Crippen molar-refractivity contribution in [2.45, 2.75) is 44.2 Å². The lowest BCUT2D eigenvalue weighted by Gasteiger charge is -2.27. The number of rotatable bonds is 1. The zero-order chi connectivity index (χ0) is 13.6. The molecule has 1 atom stereocenters. The first-order valence-corrected chi connectivity index (χ1v) is 8.87. The predicted octanol–water partition coefficient (Wildman–Crippen LogP) is 1.10. The quantitative estimate of drug-likeness (QED) is 0.843. The highest BCUT2D eigenvalue weighted by molar-refractivity contribution is 7.91. The van der Waals surface area contributed by atoms with Crippen molar-refractivity contribution in [3.63, 3.8) is 0 Å². The van der Waals surface area contributed by atoms with Crippen LogP contribution in [0.4, 0.5) is 0 Å². The van der Waals surface area contributed by atoms with Gasteiger partial charge in [-0.25, -0.2) is 13.4 Å². The standard InChI is InChI=1S/C12H18ClN3O2S/c13-11-10-2-1-9(14)7-16(10)12(15-11)8-3-5-19(17,18)6-4-8/h8-9H,1-7,14H2. The summed E-state index contributed by atoms with van der Waals surface area (Å²) in [7, 11) is -2.84. The summed E-state index contributed by atoms with van der Waals surface area (Å²) >= 11 is 6.19. The van der Waals surface area contributed by atoms with Crippen molar-refractivity contribution in [1.82, 2.24) is 9.55 Å². The third kappa shape index (κ3) is 2.53. The molecule has 0 aromatic carbocycles. The Hall–Kier alpha value is -0.590. The molecule has 0 amide bonds. The number of hydrogen-bond donors (Lipinski definition) is 1. The van der Waals surface area contributed by atoms with E-state index in [4.69, 9.17) is 17.3 Å². The normalized spacial score (nSPS) is 27.2. The van der Waals surface area contributed by atoms with Crippen LogP contribution in [-0.4, -0.2) is 35.5 Å². The van der Waals surface area contributed by atoms with Gasteiger partial charge in [0.25, 0.3) is 0 Å². The second-order valence-corrected chi connectivity index (χ2v) is 8.20. The molecule has 3 rings (SSSR count). The largest absolute Gasteiger partial charge is 0.329 e. The Morgan fingerprint density at radius 1 is 1.26 bits per heavy atom. The zero-order valence-electron chi connectivity index (χ0n) is 10.7. The molecule has 3 heterocycles. The van der Waals surface area contributed by atoms with Crippen LogP contribution in [0.5, 0.6) is 0 Å². The van der Waals surface area contributed by atoms with Crippen molar-refractivity contribution in [2.75, 3.05) is 11.5 Å². The first-order chi connectivity index (χ1) is 8.96. The van der Waals surface area contributed by atoms with E-state index in [0.717, 1.165) is 30.9 Å². The van der Waals surface area contributed by atoms with Gasteiger partial charge in [0.15, 0.2) is 5.15 Å². The molecule has 19 heavy (non-hydrogen) atoms. The number of fused-ring (bicyclic) bond motifs is 1. The third-order valence-electron chi connectivity index (χ3n) is 4.14. The van der Waals surface area contributed by atoms with E-state index < -0.39 is 9.84 Å². The summed E-state index contributed by atoms with van der Waals surface area (Å²) in [4.78, 5) is 4.48. The summed E-state index contributed by atoms with van der Waals surface area (Å²) in [6, 6.07) is 0.142. The van der Waals surface area contributed by atoms with Gasteiger partial charge in [-0.1, -0.05) is 11.6 Å². The van der Waals surface area contributed by atoms with Crippen LogP contribution in [0.3, 0.4) is 0 Å². The number of aromatic nitrogens is 2. The molecule has 0 spiro atoms. The molecule has 0 bridgehead atoms. The van der Waals surface area contributed by atoms with Gasteiger partial charge < -0.3 is 10.3 Å². The lowest BCUT2D eigenvalue weighted by Crippen LogP contribution is -2.33. The fourth-order valence-corrected chi connectivity index (χ4v) is 4.80. The lowest BCUT2D eigenvalue weighted by molar-refractivity contribution is 0.428. The molecule has 1 saturated heterocycles. The molecule has 1 unspecified atom stereocenters. The van der Waals surface area contributed by atoms with Crippen molar-refractivity contribution in [3.8, 4) is 0 Å². The molecule has 0 radical (unpaired) electrons. The Morgan fingerprint density at radius 3 is 2.63 bits per heavy atom. The summed E-state index contributed by atoms with van der Waals surface area (Å²) < 4.78 is 25.1. The SMILES string of the molecule is NC1CCc2c(Cl)nc(C3CCS(=O)(=O)CC3)n2C1. The Bertz CT molecular complexity index is 582. The third-order valence-corrected chi connectivity index (χ3v) is 6.16. The van der Waals surface area contributed by atoms with Gasteiger partial charge in [0.2, 0.25) is 0 Å². The maximum absolute atomic E-state index is 11.5. The average molecular weight is 304 g/mol. The average Bonchev–Trinajstić information content (AvgIpc) is 2.66. The van der Waals surface area contributed by atoms with Gasteiger partial charge in [0, 0.05) is 18.5 Å². The van der Waals surface area contributed by atoms with Gasteiger partial charge in [-0.2, -0.15) is 0 Å². The minimum Gasteiger partial charge on any atom is -0.329 e. The van der Waals surface area contributed by atoms with E-state index in [9.17, 15) is 8.42 Å². The molecule has 2 aliphatic heterocycles. The minimum atomic E-state index is -2.84. The van der Waals surface area contributed by atoms with E-state index in [2.05, 4.69) is 9.55 Å². The number of imidazole rings is 1. The highest BCUT2D eigenvalue weighted by Gasteiger charge is 2.31. The monoisotopic (exact) mass is 303 g/mol. The van der Waals surface area contributed by atoms with Crippen LogP contribution in [0.15, 0.2) is 0 Å². The van der Waals surface area contributed by atoms with Crippen LogP contribution in [0.1, 0.15) is 36.7 Å². The maximum atomic E-state index is 11.5. The molecule has 5 nitrogen and oxygen atoms in total. The number of halogens is 1. The number of hydrogen-bond acceptors (Lipinski definition) is 4. The van der Waals surface area contributed by atoms with Crippen molar-refractivity contribution in [1.29, 1.82) is 0 Å². The van der Waals surface area contributed by atoms with E-state index in [-0.39, 0.29) is 23.5 Å². The van der Waals surface area contributed by atoms with Gasteiger partial charge in [-0.15, -0.1) is 0 Å². The van der Waals surface area contributed by atoms with Crippen LogP contribution in [0, 0.1) is 0 Å². The highest BCUT2D eigenvalue weighted by atomic mass is 35.5. The Morgan fingerprint density at radius 2 is 1.95 bits per heavy atom. The molecule has 1 aromatic rings. The van der Waals surface area contributed by atoms with Gasteiger partial charge >= 0.3 is 0 Å². The maximum Gasteiger partial charge on any atom is 0.150 e. The molecule has 1 fully saturated rings. The summed E-state index contributed by atoms with van der Waals surface area (Å²) in [5.74, 6) is 1.64. The molecule has 106 valence electrons. The molecule has 0 aliphatic carbocycles. The molecule has 2 N–H and O–H groups in total. The Kier molecular flexibility index (Phi) is 3.35. The Balaban J connectivity index is 1.90. The van der Waals surface area contributed by atoms with Crippen LogP contribution in [0.25, 0.3) is 0 Å². The highest BCUT2D eigenvalue weighted by Crippen LogP contribution is 2.33. The van der Waals surface area contributed by atoms with E-state index in [1.807, 2.05) is 0 Å². The van der Waals surface area contributed by atoms with Crippen LogP contribution < -0.4 is 5.73 Å². The number of nitrogens with two attached hydrogens (primary N) is 1. The van der Waals surface area contributed by atoms with Gasteiger partial charge in [-0.3, -0.25) is 0 Å². The molecule has 7 heteroatoms. The molecule has 2 aliphatic rings. The van der Waals surface area contributed by atoms with Crippen molar-refractivity contribution in [2.24, 2.45) is 5.73 Å². The minimum absolute atomic E-state index is 0.142. The fourth-order valence-electron chi connectivity index (χ4n) is 3.02. The van der Waals surface area contributed by atoms with Gasteiger partial charge in [-0.05, 0) is 25.7 Å². The smallest absolute Gasteiger partial charge is 0.150 e. The van der Waals surface area contributed by atoms with Gasteiger partial charge in [0.1, 0.15) is 15.7 Å². The predicted molar refractivity (Wildman–Crippen MR) is 74.2 cm³/mol. The topological polar surface area (TPSA) is 78.0 Å². The molecular weight excluding hydrogens is 286 g/mol. The van der Waals surface area contributed by atoms with Crippen LogP contribution >= 0.6 is 11.6 Å². The van der Waals surface area contributed by atoms with E-state index in [1.54, 1.807) is 0 Å². The lowest BCUT2D eigenvalue weighted by atomic mass is 10.0. The summed E-state index contributed by atoms with van der Waals surface area (Å²) in [6.45, 7) is 0.744. The first kappa shape index (κ1) is 13.4. The Labute approximate surface area is 118 Å². The molecule has 1 aromatic heterocycles. The number of nitrogens with zero attached hydrogens (tertiary/aromatic N) is 2. The zero-order valence-corrected chi connectivity index (χ0v) is 12.3. The second kappa shape index (κ2) is 4.75. The van der Waals surface area contributed by atoms with Gasteiger partial charge in [0.05, 0.1) is 17.2 Å². The van der Waals surface area contributed by atoms with Crippen molar-refractivity contribution in [3.05, 3.63) is 16.7 Å². The number of sulfone groups is 1. The summed E-state index contributed by atoms with van der Waals surface area (Å²) in [5.41, 5.74) is 7.07. The van der Waals surface area contributed by atoms with Crippen LogP contribution in [-0.2, 0) is 22.8 Å². The second-order valence-electron chi connectivity index (χ2n) is 5.54. The van der Waals surface area contributed by atoms with Crippen molar-refractivity contribution >= 4 is 21.4 Å². The van der Waals surface area contributed by atoms with E-state index >= 15 is 0 Å². The van der Waals surface area contributed by atoms with E-state index in [1.165, 1.54) is 0 Å². The summed E-state index contributed by atoms with van der Waals surface area (Å²) in [6.07, 6.45) is 3.08. The first-order valence-electron chi connectivity index (χ1n) is 6.67. The van der Waals surface area contributed by atoms with E-state index in [0.29, 0.717) is 18.0 Å².